The van der Waals surface area contributed by atoms with E-state index in [9.17, 15) is 0 Å². The minimum atomic E-state index is 0.694. The molecule has 0 spiro atoms. The molecule has 0 aliphatic rings. The summed E-state index contributed by atoms with van der Waals surface area (Å²) < 4.78 is 0. The maximum absolute atomic E-state index is 6.02. The molecule has 1 heterocycles. The molecule has 0 radical (unpaired) electrons. The Morgan fingerprint density at radius 2 is 1.82 bits per heavy atom. The summed E-state index contributed by atoms with van der Waals surface area (Å²) in [7, 11) is 0. The molecule has 1 aromatic heterocycles. The van der Waals surface area contributed by atoms with Crippen molar-refractivity contribution >= 4 is 28.2 Å². The van der Waals surface area contributed by atoms with Crippen molar-refractivity contribution < 1.29 is 0 Å². The second kappa shape index (κ2) is 3.82. The maximum Gasteiger partial charge on any atom is 0.0460 e. The first-order valence-electron chi connectivity index (χ1n) is 5.37. The Hall–Kier alpha value is -1.93. The van der Waals surface area contributed by atoms with Crippen molar-refractivity contribution in [1.29, 1.82) is 0 Å². The summed E-state index contributed by atoms with van der Waals surface area (Å²) in [4.78, 5) is 3.23. The lowest BCUT2D eigenvalue weighted by Gasteiger charge is -2.04. The van der Waals surface area contributed by atoms with Gasteiger partial charge in [-0.3, -0.25) is 0 Å². The number of aromatic amines is 1. The molecule has 84 valence electrons. The summed E-state index contributed by atoms with van der Waals surface area (Å²) in [5.41, 5.74) is 9.88. The first-order chi connectivity index (χ1) is 8.25. The van der Waals surface area contributed by atoms with Gasteiger partial charge in [0.15, 0.2) is 0 Å². The summed E-state index contributed by atoms with van der Waals surface area (Å²) in [6.07, 6.45) is 1.96. The van der Waals surface area contributed by atoms with Crippen LogP contribution in [-0.4, -0.2) is 4.98 Å². The van der Waals surface area contributed by atoms with E-state index in [1.54, 1.807) is 6.07 Å². The summed E-state index contributed by atoms with van der Waals surface area (Å²) in [6, 6.07) is 13.7. The predicted octanol–water partition coefficient (Wildman–Crippen LogP) is 4.07. The Balaban J connectivity index is 2.31. The Kier molecular flexibility index (Phi) is 2.30. The summed E-state index contributed by atoms with van der Waals surface area (Å²) in [5, 5.41) is 1.85. The van der Waals surface area contributed by atoms with Crippen molar-refractivity contribution in [2.24, 2.45) is 0 Å². The molecule has 0 atom stereocenters. The van der Waals surface area contributed by atoms with Gasteiger partial charge in [0.1, 0.15) is 0 Å². The highest BCUT2D eigenvalue weighted by molar-refractivity contribution is 6.31. The largest absolute Gasteiger partial charge is 0.398 e. The highest BCUT2D eigenvalue weighted by Crippen LogP contribution is 2.33. The molecular formula is C14H11ClN2. The molecule has 3 heteroatoms. The highest BCUT2D eigenvalue weighted by Gasteiger charge is 2.08. The summed E-state index contributed by atoms with van der Waals surface area (Å²) >= 11 is 6.02. The number of nitrogens with one attached hydrogen (secondary N) is 1. The van der Waals surface area contributed by atoms with Gasteiger partial charge in [-0.15, -0.1) is 0 Å². The SMILES string of the molecule is Nc1ccc(Cl)cc1-c1c[nH]c2ccccc12. The van der Waals surface area contributed by atoms with Crippen LogP contribution >= 0.6 is 11.6 Å². The van der Waals surface area contributed by atoms with Crippen molar-refractivity contribution in [3.63, 3.8) is 0 Å². The maximum atomic E-state index is 6.02. The van der Waals surface area contributed by atoms with Crippen molar-refractivity contribution in [2.45, 2.75) is 0 Å². The van der Waals surface area contributed by atoms with E-state index in [-0.39, 0.29) is 0 Å². The molecule has 3 rings (SSSR count). The smallest absolute Gasteiger partial charge is 0.0460 e. The van der Waals surface area contributed by atoms with E-state index < -0.39 is 0 Å². The van der Waals surface area contributed by atoms with Gasteiger partial charge in [0.25, 0.3) is 0 Å². The zero-order valence-electron chi connectivity index (χ0n) is 9.07. The van der Waals surface area contributed by atoms with E-state index in [4.69, 9.17) is 17.3 Å². The van der Waals surface area contributed by atoms with Crippen LogP contribution in [0.1, 0.15) is 0 Å². The number of aromatic nitrogens is 1. The second-order valence-corrected chi connectivity index (χ2v) is 4.42. The van der Waals surface area contributed by atoms with Crippen LogP contribution in [0.25, 0.3) is 22.0 Å². The number of nitrogen functional groups attached to an aromatic ring is 1. The van der Waals surface area contributed by atoms with Gasteiger partial charge < -0.3 is 10.7 Å². The number of halogens is 1. The minimum absolute atomic E-state index is 0.694. The number of H-pyrrole nitrogens is 1. The molecule has 0 aliphatic heterocycles. The first kappa shape index (κ1) is 10.2. The standard InChI is InChI=1S/C14H11ClN2/c15-9-5-6-13(16)11(7-9)12-8-17-14-4-2-1-3-10(12)14/h1-8,17H,16H2. The fourth-order valence-corrected chi connectivity index (χ4v) is 2.23. The Morgan fingerprint density at radius 3 is 2.71 bits per heavy atom. The number of fused-ring (bicyclic) bond motifs is 1. The molecule has 0 unspecified atom stereocenters. The average molecular weight is 243 g/mol. The van der Waals surface area contributed by atoms with Crippen molar-refractivity contribution in [3.8, 4) is 11.1 Å². The average Bonchev–Trinajstić information content (AvgIpc) is 2.76. The third-order valence-corrected chi connectivity index (χ3v) is 3.13. The molecule has 0 saturated heterocycles. The third kappa shape index (κ3) is 1.67. The van der Waals surface area contributed by atoms with Crippen LogP contribution in [0.4, 0.5) is 5.69 Å². The number of nitrogens with two attached hydrogens (primary N) is 1. The number of benzene rings is 2. The number of hydrogen-bond donors (Lipinski definition) is 2. The molecule has 17 heavy (non-hydrogen) atoms. The van der Waals surface area contributed by atoms with E-state index in [0.29, 0.717) is 5.02 Å². The lowest BCUT2D eigenvalue weighted by molar-refractivity contribution is 1.47. The van der Waals surface area contributed by atoms with Gasteiger partial charge in [-0.2, -0.15) is 0 Å². The van der Waals surface area contributed by atoms with Crippen LogP contribution in [0.3, 0.4) is 0 Å². The van der Waals surface area contributed by atoms with E-state index in [2.05, 4.69) is 11.1 Å². The number of anilines is 1. The molecule has 2 nitrogen and oxygen atoms in total. The molecule has 3 aromatic rings. The van der Waals surface area contributed by atoms with Gasteiger partial charge >= 0.3 is 0 Å². The van der Waals surface area contributed by atoms with Crippen LogP contribution in [-0.2, 0) is 0 Å². The molecule has 0 fully saturated rings. The quantitative estimate of drug-likeness (QED) is 0.621. The number of hydrogen-bond acceptors (Lipinski definition) is 1. The van der Waals surface area contributed by atoms with E-state index in [0.717, 1.165) is 27.7 Å². The number of para-hydroxylation sites is 1. The normalized spacial score (nSPS) is 10.9. The zero-order valence-corrected chi connectivity index (χ0v) is 9.83. The Labute approximate surface area is 104 Å². The van der Waals surface area contributed by atoms with Gasteiger partial charge in [-0.05, 0) is 24.3 Å². The molecule has 0 aliphatic carbocycles. The van der Waals surface area contributed by atoms with Crippen molar-refractivity contribution in [2.75, 3.05) is 5.73 Å². The molecule has 0 bridgehead atoms. The fraction of sp³-hybridized carbons (Fsp3) is 0. The van der Waals surface area contributed by atoms with Gasteiger partial charge in [0.2, 0.25) is 0 Å². The Morgan fingerprint density at radius 1 is 1.00 bits per heavy atom. The van der Waals surface area contributed by atoms with Gasteiger partial charge in [-0.1, -0.05) is 29.8 Å². The predicted molar refractivity (Wildman–Crippen MR) is 73.2 cm³/mol. The van der Waals surface area contributed by atoms with E-state index in [1.165, 1.54) is 0 Å². The van der Waals surface area contributed by atoms with Gasteiger partial charge in [-0.25, -0.2) is 0 Å². The third-order valence-electron chi connectivity index (χ3n) is 2.89. The lowest BCUT2D eigenvalue weighted by atomic mass is 10.0. The monoisotopic (exact) mass is 242 g/mol. The van der Waals surface area contributed by atoms with Gasteiger partial charge in [0.05, 0.1) is 0 Å². The topological polar surface area (TPSA) is 41.8 Å². The molecule has 3 N–H and O–H groups in total. The molecule has 0 saturated carbocycles. The van der Waals surface area contributed by atoms with Crippen molar-refractivity contribution in [1.82, 2.24) is 4.98 Å². The molecule has 0 amide bonds. The first-order valence-corrected chi connectivity index (χ1v) is 5.75. The van der Waals surface area contributed by atoms with Crippen molar-refractivity contribution in [3.05, 3.63) is 53.7 Å². The van der Waals surface area contributed by atoms with Crippen LogP contribution in [0.15, 0.2) is 48.7 Å². The minimum Gasteiger partial charge on any atom is -0.398 e. The van der Waals surface area contributed by atoms with Crippen LogP contribution in [0.2, 0.25) is 5.02 Å². The van der Waals surface area contributed by atoms with E-state index >= 15 is 0 Å². The van der Waals surface area contributed by atoms with Crippen LogP contribution in [0, 0.1) is 0 Å². The van der Waals surface area contributed by atoms with E-state index in [1.807, 2.05) is 36.5 Å². The zero-order chi connectivity index (χ0) is 11.8. The summed E-state index contributed by atoms with van der Waals surface area (Å²) in [6.45, 7) is 0. The summed E-state index contributed by atoms with van der Waals surface area (Å²) in [5.74, 6) is 0. The molecular weight excluding hydrogens is 232 g/mol. The Bertz CT molecular complexity index is 686. The lowest BCUT2D eigenvalue weighted by Crippen LogP contribution is -1.88. The fourth-order valence-electron chi connectivity index (χ4n) is 2.06. The molecule has 2 aromatic carbocycles. The van der Waals surface area contributed by atoms with Gasteiger partial charge in [0, 0.05) is 38.9 Å². The van der Waals surface area contributed by atoms with Crippen LogP contribution < -0.4 is 5.73 Å². The highest BCUT2D eigenvalue weighted by atomic mass is 35.5. The van der Waals surface area contributed by atoms with Crippen LogP contribution in [0.5, 0.6) is 0 Å². The second-order valence-electron chi connectivity index (χ2n) is 3.98. The number of rotatable bonds is 1.